The largest absolute Gasteiger partial charge is 0.416 e. The number of aromatic nitrogens is 1. The van der Waals surface area contributed by atoms with Gasteiger partial charge in [0.25, 0.3) is 0 Å². The molecule has 3 rings (SSSR count). The molecule has 3 nitrogen and oxygen atoms in total. The zero-order chi connectivity index (χ0) is 18.2. The normalized spacial score (nSPS) is 14.6. The minimum Gasteiger partial charge on any atom is -0.390 e. The summed E-state index contributed by atoms with van der Waals surface area (Å²) in [5.74, 6) is 0. The van der Waals surface area contributed by atoms with Crippen molar-refractivity contribution in [2.45, 2.75) is 25.4 Å². The minimum absolute atomic E-state index is 0.340. The summed E-state index contributed by atoms with van der Waals surface area (Å²) in [5.41, 5.74) is 1.75. The first-order valence-corrected chi connectivity index (χ1v) is 7.95. The van der Waals surface area contributed by atoms with Gasteiger partial charge in [-0.15, -0.1) is 0 Å². The molecule has 2 N–H and O–H groups in total. The van der Waals surface area contributed by atoms with Gasteiger partial charge < -0.3 is 9.67 Å². The summed E-state index contributed by atoms with van der Waals surface area (Å²) < 4.78 is 40.2. The van der Waals surface area contributed by atoms with Crippen molar-refractivity contribution in [2.24, 2.45) is 0 Å². The summed E-state index contributed by atoms with van der Waals surface area (Å²) in [4.78, 5) is 0. The van der Waals surface area contributed by atoms with Crippen LogP contribution in [0.2, 0.25) is 0 Å². The highest BCUT2D eigenvalue weighted by molar-refractivity contribution is 5.96. The first-order chi connectivity index (χ1) is 11.8. The molecule has 0 bridgehead atoms. The molecule has 6 heteroatoms. The van der Waals surface area contributed by atoms with Gasteiger partial charge in [-0.05, 0) is 37.7 Å². The molecule has 0 spiro atoms. The lowest BCUT2D eigenvalue weighted by Gasteiger charge is -2.22. The van der Waals surface area contributed by atoms with Crippen LogP contribution >= 0.6 is 0 Å². The quantitative estimate of drug-likeness (QED) is 0.732. The zero-order valence-corrected chi connectivity index (χ0v) is 13.9. The van der Waals surface area contributed by atoms with Crippen LogP contribution in [0.15, 0.2) is 54.7 Å². The van der Waals surface area contributed by atoms with Crippen LogP contribution in [-0.2, 0) is 6.18 Å². The van der Waals surface area contributed by atoms with Gasteiger partial charge in [0.1, 0.15) is 6.17 Å². The van der Waals surface area contributed by atoms with Gasteiger partial charge in [-0.25, -0.2) is 0 Å². The maximum atomic E-state index is 12.8. The molecule has 2 atom stereocenters. The number of benzene rings is 2. The average Bonchev–Trinajstić information content (AvgIpc) is 2.94. The van der Waals surface area contributed by atoms with E-state index in [2.05, 4.69) is 5.32 Å². The van der Waals surface area contributed by atoms with Crippen molar-refractivity contribution in [1.82, 2.24) is 9.88 Å². The Kier molecular flexibility index (Phi) is 4.58. The number of aliphatic hydroxyl groups is 1. The van der Waals surface area contributed by atoms with Gasteiger partial charge in [-0.3, -0.25) is 5.32 Å². The number of rotatable bonds is 4. The molecule has 1 aromatic heterocycles. The fraction of sp³-hybridized carbons (Fsp3) is 0.263. The minimum atomic E-state index is -4.35. The summed E-state index contributed by atoms with van der Waals surface area (Å²) >= 11 is 0. The molecule has 0 radical (unpaired) electrons. The van der Waals surface area contributed by atoms with Crippen molar-refractivity contribution in [3.63, 3.8) is 0 Å². The van der Waals surface area contributed by atoms with Gasteiger partial charge in [0.05, 0.1) is 17.2 Å². The van der Waals surface area contributed by atoms with Gasteiger partial charge in [-0.1, -0.05) is 30.3 Å². The van der Waals surface area contributed by atoms with Crippen molar-refractivity contribution in [1.29, 1.82) is 0 Å². The fourth-order valence-corrected chi connectivity index (χ4v) is 3.12. The molecule has 1 heterocycles. The number of fused-ring (bicyclic) bond motifs is 1. The maximum absolute atomic E-state index is 12.8. The Balaban J connectivity index is 2.14. The van der Waals surface area contributed by atoms with Crippen LogP contribution in [0.4, 0.5) is 13.2 Å². The summed E-state index contributed by atoms with van der Waals surface area (Å²) in [5, 5.41) is 14.0. The van der Waals surface area contributed by atoms with E-state index in [4.69, 9.17) is 0 Å². The molecule has 0 aliphatic heterocycles. The third kappa shape index (κ3) is 3.27. The second-order valence-corrected chi connectivity index (χ2v) is 6.02. The second-order valence-electron chi connectivity index (χ2n) is 6.02. The Labute approximate surface area is 143 Å². The smallest absolute Gasteiger partial charge is 0.390 e. The number of nitrogens with zero attached hydrogens (tertiary/aromatic N) is 1. The predicted molar refractivity (Wildman–Crippen MR) is 92.2 cm³/mol. The van der Waals surface area contributed by atoms with E-state index >= 15 is 0 Å². The van der Waals surface area contributed by atoms with E-state index in [0.717, 1.165) is 28.6 Å². The molecule has 0 saturated heterocycles. The lowest BCUT2D eigenvalue weighted by molar-refractivity contribution is -0.137. The summed E-state index contributed by atoms with van der Waals surface area (Å²) in [7, 11) is 1.75. The third-order valence-corrected chi connectivity index (χ3v) is 4.32. The average molecular weight is 348 g/mol. The Bertz CT molecular complexity index is 867. The van der Waals surface area contributed by atoms with E-state index in [-0.39, 0.29) is 6.17 Å². The number of nitrogens with one attached hydrogen (secondary N) is 1. The number of hydrogen-bond donors (Lipinski definition) is 2. The molecular formula is C19H19F3N2O. The number of halogens is 3. The van der Waals surface area contributed by atoms with Gasteiger partial charge in [0.15, 0.2) is 0 Å². The summed E-state index contributed by atoms with van der Waals surface area (Å²) in [6.07, 6.45) is -3.47. The summed E-state index contributed by atoms with van der Waals surface area (Å²) in [6, 6.07) is 12.8. The van der Waals surface area contributed by atoms with Crippen molar-refractivity contribution in [3.05, 3.63) is 60.3 Å². The van der Waals surface area contributed by atoms with E-state index in [1.807, 2.05) is 35.0 Å². The van der Waals surface area contributed by atoms with Crippen LogP contribution < -0.4 is 5.32 Å². The number of aliphatic hydroxyl groups excluding tert-OH is 1. The molecule has 0 amide bonds. The standard InChI is InChI=1S/C19H19F3N2O/c1-12(25)18(23-2)24-11-16(15-5-3-4-6-17(15)24)13-7-9-14(10-8-13)19(20,21)22/h3-12,18,23,25H,1-2H3. The number of para-hydroxylation sites is 1. The van der Waals surface area contributed by atoms with Crippen molar-refractivity contribution in [3.8, 4) is 11.1 Å². The van der Waals surface area contributed by atoms with Crippen LogP contribution in [0, 0.1) is 0 Å². The number of likely N-dealkylation sites (N-methyl/N-ethyl adjacent to an activating group) is 1. The Morgan fingerprint density at radius 2 is 1.68 bits per heavy atom. The zero-order valence-electron chi connectivity index (χ0n) is 13.9. The van der Waals surface area contributed by atoms with E-state index < -0.39 is 17.8 Å². The van der Waals surface area contributed by atoms with E-state index in [1.165, 1.54) is 12.1 Å². The molecule has 0 aliphatic carbocycles. The Hall–Kier alpha value is -2.31. The maximum Gasteiger partial charge on any atom is 0.416 e. The van der Waals surface area contributed by atoms with Crippen molar-refractivity contribution in [2.75, 3.05) is 7.05 Å². The molecule has 25 heavy (non-hydrogen) atoms. The van der Waals surface area contributed by atoms with Crippen LogP contribution in [-0.4, -0.2) is 22.8 Å². The number of hydrogen-bond acceptors (Lipinski definition) is 2. The lowest BCUT2D eigenvalue weighted by Crippen LogP contribution is -2.31. The molecule has 0 aliphatic rings. The Morgan fingerprint density at radius 1 is 1.04 bits per heavy atom. The fourth-order valence-electron chi connectivity index (χ4n) is 3.12. The van der Waals surface area contributed by atoms with Crippen molar-refractivity contribution >= 4 is 10.9 Å². The highest BCUT2D eigenvalue weighted by Crippen LogP contribution is 2.35. The van der Waals surface area contributed by atoms with Gasteiger partial charge in [0, 0.05) is 17.1 Å². The van der Waals surface area contributed by atoms with Gasteiger partial charge in [0.2, 0.25) is 0 Å². The van der Waals surface area contributed by atoms with E-state index in [9.17, 15) is 18.3 Å². The molecule has 2 aromatic carbocycles. The number of alkyl halides is 3. The first-order valence-electron chi connectivity index (χ1n) is 7.95. The predicted octanol–water partition coefficient (Wildman–Crippen LogP) is 4.43. The molecule has 3 aromatic rings. The second kappa shape index (κ2) is 6.54. The van der Waals surface area contributed by atoms with Crippen LogP contribution in [0.25, 0.3) is 22.0 Å². The molecule has 0 fully saturated rings. The topological polar surface area (TPSA) is 37.2 Å². The van der Waals surface area contributed by atoms with Gasteiger partial charge in [-0.2, -0.15) is 13.2 Å². The van der Waals surface area contributed by atoms with Gasteiger partial charge >= 0.3 is 6.18 Å². The highest BCUT2D eigenvalue weighted by Gasteiger charge is 2.30. The molecule has 132 valence electrons. The van der Waals surface area contributed by atoms with Crippen LogP contribution in [0.5, 0.6) is 0 Å². The first kappa shape index (κ1) is 17.5. The molecular weight excluding hydrogens is 329 g/mol. The summed E-state index contributed by atoms with van der Waals surface area (Å²) in [6.45, 7) is 1.69. The molecule has 0 saturated carbocycles. The van der Waals surface area contributed by atoms with Crippen LogP contribution in [0.3, 0.4) is 0 Å². The third-order valence-electron chi connectivity index (χ3n) is 4.32. The van der Waals surface area contributed by atoms with E-state index in [1.54, 1.807) is 14.0 Å². The SMILES string of the molecule is CNC(C(C)O)n1cc(-c2ccc(C(F)(F)F)cc2)c2ccccc21. The Morgan fingerprint density at radius 3 is 2.24 bits per heavy atom. The lowest BCUT2D eigenvalue weighted by atomic mass is 10.0. The van der Waals surface area contributed by atoms with Crippen molar-refractivity contribution < 1.29 is 18.3 Å². The monoisotopic (exact) mass is 348 g/mol. The highest BCUT2D eigenvalue weighted by atomic mass is 19.4. The molecule has 2 unspecified atom stereocenters. The van der Waals surface area contributed by atoms with E-state index in [0.29, 0.717) is 5.56 Å². The van der Waals surface area contributed by atoms with Crippen LogP contribution in [0.1, 0.15) is 18.7 Å².